The highest BCUT2D eigenvalue weighted by molar-refractivity contribution is 5.84. The molecule has 1 N–H and O–H groups in total. The van der Waals surface area contributed by atoms with Gasteiger partial charge in [0, 0.05) is 46.8 Å². The molecule has 26 heavy (non-hydrogen) atoms. The van der Waals surface area contributed by atoms with Crippen LogP contribution >= 0.6 is 0 Å². The number of rotatable bonds is 7. The van der Waals surface area contributed by atoms with Gasteiger partial charge in [-0.15, -0.1) is 0 Å². The summed E-state index contributed by atoms with van der Waals surface area (Å²) in [4.78, 5) is 20.0. The van der Waals surface area contributed by atoms with Crippen molar-refractivity contribution in [2.24, 2.45) is 10.9 Å². The second-order valence-corrected chi connectivity index (χ2v) is 6.74. The first kappa shape index (κ1) is 20.0. The minimum atomic E-state index is -0.0219. The molecule has 1 aliphatic heterocycles. The molecule has 0 spiro atoms. The molecule has 7 nitrogen and oxygen atoms in total. The van der Waals surface area contributed by atoms with Gasteiger partial charge in [0.1, 0.15) is 12.3 Å². The fourth-order valence-electron chi connectivity index (χ4n) is 2.66. The van der Waals surface area contributed by atoms with Gasteiger partial charge in [-0.2, -0.15) is 0 Å². The third-order valence-corrected chi connectivity index (χ3v) is 4.38. The molecule has 1 aromatic carbocycles. The number of ether oxygens (including phenoxy) is 2. The number of amides is 1. The summed E-state index contributed by atoms with van der Waals surface area (Å²) in [5, 5.41) is 3.40. The van der Waals surface area contributed by atoms with Gasteiger partial charge in [-0.1, -0.05) is 12.1 Å². The van der Waals surface area contributed by atoms with E-state index in [-0.39, 0.29) is 12.5 Å². The molecule has 0 aromatic heterocycles. The Morgan fingerprint density at radius 1 is 1.31 bits per heavy atom. The molecule has 0 aliphatic carbocycles. The number of aliphatic imine (C=N–C) groups is 1. The van der Waals surface area contributed by atoms with Crippen LogP contribution in [0.15, 0.2) is 29.3 Å². The van der Waals surface area contributed by atoms with Crippen molar-refractivity contribution in [1.29, 1.82) is 0 Å². The maximum Gasteiger partial charge on any atom is 0.243 e. The summed E-state index contributed by atoms with van der Waals surface area (Å²) in [6.45, 7) is 3.21. The van der Waals surface area contributed by atoms with E-state index in [9.17, 15) is 4.79 Å². The van der Waals surface area contributed by atoms with Gasteiger partial charge in [0.05, 0.1) is 13.7 Å². The van der Waals surface area contributed by atoms with Gasteiger partial charge in [0.25, 0.3) is 0 Å². The first-order valence-corrected chi connectivity index (χ1v) is 8.90. The highest BCUT2D eigenvalue weighted by Gasteiger charge is 2.17. The summed E-state index contributed by atoms with van der Waals surface area (Å²) in [5.41, 5.74) is 1.14. The van der Waals surface area contributed by atoms with Gasteiger partial charge in [-0.3, -0.25) is 4.79 Å². The van der Waals surface area contributed by atoms with Crippen LogP contribution in [0.25, 0.3) is 0 Å². The van der Waals surface area contributed by atoms with E-state index in [1.165, 1.54) is 0 Å². The zero-order valence-electron chi connectivity index (χ0n) is 16.2. The molecule has 0 radical (unpaired) electrons. The lowest BCUT2D eigenvalue weighted by atomic mass is 10.1. The minimum absolute atomic E-state index is 0.0219. The Hall–Kier alpha value is -2.28. The molecule has 0 saturated carbocycles. The fourth-order valence-corrected chi connectivity index (χ4v) is 2.66. The summed E-state index contributed by atoms with van der Waals surface area (Å²) in [5.74, 6) is 2.02. The summed E-state index contributed by atoms with van der Waals surface area (Å²) < 4.78 is 10.6. The van der Waals surface area contributed by atoms with Gasteiger partial charge in [-0.25, -0.2) is 4.99 Å². The number of benzene rings is 1. The number of carbonyl (C=O) groups excluding carboxylic acids is 1. The van der Waals surface area contributed by atoms with Crippen molar-refractivity contribution in [3.8, 4) is 5.75 Å². The Labute approximate surface area is 156 Å². The van der Waals surface area contributed by atoms with E-state index >= 15 is 0 Å². The first-order chi connectivity index (χ1) is 12.5. The second kappa shape index (κ2) is 10.0. The summed E-state index contributed by atoms with van der Waals surface area (Å²) >= 11 is 0. The maximum absolute atomic E-state index is 11.9. The van der Waals surface area contributed by atoms with Crippen LogP contribution in [0.5, 0.6) is 5.75 Å². The van der Waals surface area contributed by atoms with Gasteiger partial charge < -0.3 is 24.6 Å². The third kappa shape index (κ3) is 6.22. The Morgan fingerprint density at radius 2 is 2.04 bits per heavy atom. The van der Waals surface area contributed by atoms with Gasteiger partial charge in [0.15, 0.2) is 5.96 Å². The van der Waals surface area contributed by atoms with Crippen LogP contribution in [0.3, 0.4) is 0 Å². The van der Waals surface area contributed by atoms with E-state index in [1.54, 1.807) is 26.1 Å². The molecule has 7 heteroatoms. The lowest BCUT2D eigenvalue weighted by Gasteiger charge is -2.24. The second-order valence-electron chi connectivity index (χ2n) is 6.74. The molecule has 1 amide bonds. The van der Waals surface area contributed by atoms with Crippen molar-refractivity contribution >= 4 is 11.9 Å². The van der Waals surface area contributed by atoms with Crippen molar-refractivity contribution in [3.63, 3.8) is 0 Å². The summed E-state index contributed by atoms with van der Waals surface area (Å²) in [7, 11) is 7.11. The molecule has 1 saturated heterocycles. The highest BCUT2D eigenvalue weighted by Crippen LogP contribution is 2.13. The first-order valence-electron chi connectivity index (χ1n) is 8.90. The third-order valence-electron chi connectivity index (χ3n) is 4.38. The van der Waals surface area contributed by atoms with Crippen LogP contribution in [0, 0.1) is 5.92 Å². The van der Waals surface area contributed by atoms with E-state index in [1.807, 2.05) is 36.2 Å². The van der Waals surface area contributed by atoms with E-state index in [2.05, 4.69) is 10.3 Å². The van der Waals surface area contributed by atoms with Crippen LogP contribution in [-0.4, -0.2) is 76.2 Å². The Kier molecular flexibility index (Phi) is 7.72. The van der Waals surface area contributed by atoms with Crippen molar-refractivity contribution in [1.82, 2.24) is 15.1 Å². The van der Waals surface area contributed by atoms with Gasteiger partial charge in [0.2, 0.25) is 5.91 Å². The predicted octanol–water partition coefficient (Wildman–Crippen LogP) is 1.20. The number of guanidine groups is 1. The van der Waals surface area contributed by atoms with Crippen LogP contribution in [0.1, 0.15) is 12.0 Å². The Balaban J connectivity index is 2.01. The van der Waals surface area contributed by atoms with E-state index in [0.717, 1.165) is 43.5 Å². The molecule has 1 atom stereocenters. The Bertz CT molecular complexity index is 595. The zero-order valence-corrected chi connectivity index (χ0v) is 16.2. The van der Waals surface area contributed by atoms with Crippen LogP contribution in [0.4, 0.5) is 0 Å². The van der Waals surface area contributed by atoms with E-state index < -0.39 is 0 Å². The number of nitrogens with one attached hydrogen (secondary N) is 1. The van der Waals surface area contributed by atoms with Crippen molar-refractivity contribution in [3.05, 3.63) is 29.8 Å². The number of methoxy groups -OCH3 is 1. The monoisotopic (exact) mass is 362 g/mol. The molecular weight excluding hydrogens is 332 g/mol. The quantitative estimate of drug-likeness (QED) is 0.583. The largest absolute Gasteiger partial charge is 0.497 e. The van der Waals surface area contributed by atoms with Crippen molar-refractivity contribution < 1.29 is 14.3 Å². The molecule has 144 valence electrons. The number of hydrogen-bond acceptors (Lipinski definition) is 4. The van der Waals surface area contributed by atoms with Gasteiger partial charge >= 0.3 is 0 Å². The molecular formula is C19H30N4O3. The molecule has 1 aliphatic rings. The standard InChI is InChI=1S/C19H30N4O3/c1-22(2)18(24)12-21-19(20-11-16-9-10-26-14-16)23(3)13-15-5-7-17(25-4)8-6-15/h5-8,16H,9-14H2,1-4H3,(H,20,21). The molecule has 1 heterocycles. The van der Waals surface area contributed by atoms with Crippen LogP contribution < -0.4 is 10.1 Å². The normalized spacial score (nSPS) is 17.1. The van der Waals surface area contributed by atoms with Gasteiger partial charge in [-0.05, 0) is 24.1 Å². The maximum atomic E-state index is 11.9. The molecule has 1 aromatic rings. The number of hydrogen-bond donors (Lipinski definition) is 1. The van der Waals surface area contributed by atoms with Crippen LogP contribution in [0.2, 0.25) is 0 Å². The lowest BCUT2D eigenvalue weighted by Crippen LogP contribution is -2.41. The molecule has 0 bridgehead atoms. The number of carbonyl (C=O) groups is 1. The van der Waals surface area contributed by atoms with E-state index in [0.29, 0.717) is 12.5 Å². The lowest BCUT2D eigenvalue weighted by molar-refractivity contribution is -0.127. The molecule has 1 fully saturated rings. The van der Waals surface area contributed by atoms with E-state index in [4.69, 9.17) is 9.47 Å². The Morgan fingerprint density at radius 3 is 2.62 bits per heavy atom. The number of likely N-dealkylation sites (N-methyl/N-ethyl adjacent to an activating group) is 1. The summed E-state index contributed by atoms with van der Waals surface area (Å²) in [6.07, 6.45) is 1.05. The van der Waals surface area contributed by atoms with Crippen molar-refractivity contribution in [2.45, 2.75) is 13.0 Å². The average molecular weight is 362 g/mol. The fraction of sp³-hybridized carbons (Fsp3) is 0.579. The predicted molar refractivity (Wildman–Crippen MR) is 102 cm³/mol. The average Bonchev–Trinajstić information content (AvgIpc) is 3.15. The summed E-state index contributed by atoms with van der Waals surface area (Å²) in [6, 6.07) is 7.95. The highest BCUT2D eigenvalue weighted by atomic mass is 16.5. The van der Waals surface area contributed by atoms with Crippen molar-refractivity contribution in [2.75, 3.05) is 54.6 Å². The molecule has 2 rings (SSSR count). The minimum Gasteiger partial charge on any atom is -0.497 e. The molecule has 1 unspecified atom stereocenters. The zero-order chi connectivity index (χ0) is 18.9. The number of nitrogens with zero attached hydrogens (tertiary/aromatic N) is 3. The smallest absolute Gasteiger partial charge is 0.243 e. The van der Waals surface area contributed by atoms with Crippen LogP contribution in [-0.2, 0) is 16.1 Å². The topological polar surface area (TPSA) is 66.4 Å². The SMILES string of the molecule is COc1ccc(CN(C)C(=NCC(=O)N(C)C)NCC2CCOC2)cc1.